The molecule has 30 heavy (non-hydrogen) atoms. The number of hydrogen-bond acceptors (Lipinski definition) is 4. The van der Waals surface area contributed by atoms with Gasteiger partial charge in [0.1, 0.15) is 0 Å². The van der Waals surface area contributed by atoms with Crippen molar-refractivity contribution < 1.29 is 27.4 Å². The van der Waals surface area contributed by atoms with Crippen LogP contribution < -0.4 is 19.7 Å². The van der Waals surface area contributed by atoms with Gasteiger partial charge in [-0.1, -0.05) is 15.9 Å². The summed E-state index contributed by atoms with van der Waals surface area (Å²) < 4.78 is 52.1. The second-order valence-corrected chi connectivity index (χ2v) is 7.46. The van der Waals surface area contributed by atoms with E-state index in [1.54, 1.807) is 31.1 Å². The average Bonchev–Trinajstić information content (AvgIpc) is 2.65. The number of anilines is 2. The van der Waals surface area contributed by atoms with Crippen molar-refractivity contribution >= 4 is 33.2 Å². The first-order chi connectivity index (χ1) is 14.1. The monoisotopic (exact) mass is 488 g/mol. The lowest BCUT2D eigenvalue weighted by molar-refractivity contribution is -0.136. The molecule has 2 aromatic carbocycles. The molecular formula is C21H24BrF3N2O3. The van der Waals surface area contributed by atoms with Gasteiger partial charge in [-0.3, -0.25) is 4.79 Å². The van der Waals surface area contributed by atoms with E-state index < -0.39 is 17.6 Å². The van der Waals surface area contributed by atoms with Crippen molar-refractivity contribution in [3.8, 4) is 11.5 Å². The first kappa shape index (κ1) is 23.9. The Kier molecular flexibility index (Phi) is 8.00. The minimum atomic E-state index is -4.60. The van der Waals surface area contributed by atoms with Gasteiger partial charge in [0.25, 0.3) is 0 Å². The molecule has 0 atom stereocenters. The molecule has 0 saturated heterocycles. The molecule has 0 bridgehead atoms. The maximum absolute atomic E-state index is 13.5. The van der Waals surface area contributed by atoms with Gasteiger partial charge in [-0.2, -0.15) is 13.2 Å². The summed E-state index contributed by atoms with van der Waals surface area (Å²) in [5, 5.41) is 2.38. The molecule has 0 aliphatic rings. The Bertz CT molecular complexity index is 902. The van der Waals surface area contributed by atoms with Crippen molar-refractivity contribution in [1.82, 2.24) is 0 Å². The Morgan fingerprint density at radius 2 is 1.67 bits per heavy atom. The van der Waals surface area contributed by atoms with Crippen LogP contribution in [0.5, 0.6) is 11.5 Å². The fourth-order valence-electron chi connectivity index (χ4n) is 2.77. The van der Waals surface area contributed by atoms with Crippen molar-refractivity contribution in [2.24, 2.45) is 0 Å². The van der Waals surface area contributed by atoms with Gasteiger partial charge in [0.2, 0.25) is 5.91 Å². The minimum absolute atomic E-state index is 0.139. The predicted molar refractivity (Wildman–Crippen MR) is 115 cm³/mol. The number of carbonyl (C=O) groups is 1. The highest BCUT2D eigenvalue weighted by molar-refractivity contribution is 9.10. The second-order valence-electron chi connectivity index (χ2n) is 6.60. The molecule has 9 heteroatoms. The van der Waals surface area contributed by atoms with E-state index in [1.807, 2.05) is 13.8 Å². The number of nitrogens with one attached hydrogen (secondary N) is 1. The summed E-state index contributed by atoms with van der Waals surface area (Å²) in [7, 11) is 3.29. The highest BCUT2D eigenvalue weighted by Crippen LogP contribution is 2.38. The van der Waals surface area contributed by atoms with Crippen molar-refractivity contribution in [2.75, 3.05) is 37.5 Å². The molecule has 0 aromatic heterocycles. The highest BCUT2D eigenvalue weighted by atomic mass is 79.9. The first-order valence-electron chi connectivity index (χ1n) is 9.33. The maximum atomic E-state index is 13.5. The zero-order valence-electron chi connectivity index (χ0n) is 17.2. The Labute approximate surface area is 182 Å². The van der Waals surface area contributed by atoms with E-state index in [-0.39, 0.29) is 12.1 Å². The van der Waals surface area contributed by atoms with E-state index in [1.165, 1.54) is 12.1 Å². The first-order valence-corrected chi connectivity index (χ1v) is 10.1. The largest absolute Gasteiger partial charge is 0.490 e. The Hall–Kier alpha value is -2.42. The van der Waals surface area contributed by atoms with Gasteiger partial charge < -0.3 is 19.7 Å². The molecule has 5 nitrogen and oxygen atoms in total. The lowest BCUT2D eigenvalue weighted by Crippen LogP contribution is -2.19. The van der Waals surface area contributed by atoms with Crippen LogP contribution >= 0.6 is 15.9 Å². The number of nitrogens with zero attached hydrogens (tertiary/aromatic N) is 1. The quantitative estimate of drug-likeness (QED) is 0.531. The van der Waals surface area contributed by atoms with Gasteiger partial charge in [-0.05, 0) is 49.7 Å². The van der Waals surface area contributed by atoms with Gasteiger partial charge in [-0.25, -0.2) is 0 Å². The number of carbonyl (C=O) groups excluding carboxylic acids is 1. The lowest BCUT2D eigenvalue weighted by Gasteiger charge is -2.19. The SMILES string of the molecule is CCOc1cc(Br)c(CC(=O)Nc2ccc(N(C)C)cc2C(F)(F)F)cc1OCC. The number of benzene rings is 2. The average molecular weight is 489 g/mol. The van der Waals surface area contributed by atoms with E-state index in [0.717, 1.165) is 6.07 Å². The van der Waals surface area contributed by atoms with Crippen LogP contribution in [0.2, 0.25) is 0 Å². The Morgan fingerprint density at radius 3 is 2.20 bits per heavy atom. The van der Waals surface area contributed by atoms with Crippen LogP contribution in [0.25, 0.3) is 0 Å². The Morgan fingerprint density at radius 1 is 1.07 bits per heavy atom. The van der Waals surface area contributed by atoms with Crippen LogP contribution in [0.1, 0.15) is 25.0 Å². The zero-order chi connectivity index (χ0) is 22.5. The summed E-state index contributed by atoms with van der Waals surface area (Å²) in [6.45, 7) is 4.50. The number of hydrogen-bond donors (Lipinski definition) is 1. The van der Waals surface area contributed by atoms with E-state index >= 15 is 0 Å². The standard InChI is InChI=1S/C21H24BrF3N2O3/c1-5-29-18-9-13(16(22)12-19(18)30-6-2)10-20(28)26-17-8-7-14(27(3)4)11-15(17)21(23,24)25/h7-9,11-12H,5-6,10H2,1-4H3,(H,26,28). The molecule has 2 rings (SSSR count). The third kappa shape index (κ3) is 6.04. The topological polar surface area (TPSA) is 50.8 Å². The lowest BCUT2D eigenvalue weighted by atomic mass is 10.1. The molecule has 1 amide bonds. The molecular weight excluding hydrogens is 465 g/mol. The van der Waals surface area contributed by atoms with E-state index in [9.17, 15) is 18.0 Å². The van der Waals surface area contributed by atoms with Crippen LogP contribution in [0.3, 0.4) is 0 Å². The third-order valence-corrected chi connectivity index (χ3v) is 4.90. The summed E-state index contributed by atoms with van der Waals surface area (Å²) in [4.78, 5) is 14.1. The van der Waals surface area contributed by atoms with Gasteiger partial charge >= 0.3 is 6.18 Å². The predicted octanol–water partition coefficient (Wildman–Crippen LogP) is 5.51. The fraction of sp³-hybridized carbons (Fsp3) is 0.381. The molecule has 0 fully saturated rings. The van der Waals surface area contributed by atoms with Gasteiger partial charge in [0.15, 0.2) is 11.5 Å². The number of amides is 1. The molecule has 0 unspecified atom stereocenters. The summed E-state index contributed by atoms with van der Waals surface area (Å²) in [6, 6.07) is 7.12. The smallest absolute Gasteiger partial charge is 0.418 e. The fourth-order valence-corrected chi connectivity index (χ4v) is 3.23. The number of halogens is 4. The van der Waals surface area contributed by atoms with Crippen LogP contribution in [0.15, 0.2) is 34.8 Å². The third-order valence-electron chi connectivity index (χ3n) is 4.16. The molecule has 2 aromatic rings. The molecule has 0 aliphatic carbocycles. The number of rotatable bonds is 8. The molecule has 0 heterocycles. The van der Waals surface area contributed by atoms with Crippen LogP contribution in [0, 0.1) is 0 Å². The zero-order valence-corrected chi connectivity index (χ0v) is 18.8. The molecule has 0 radical (unpaired) electrons. The minimum Gasteiger partial charge on any atom is -0.490 e. The van der Waals surface area contributed by atoms with Crippen molar-refractivity contribution in [2.45, 2.75) is 26.4 Å². The van der Waals surface area contributed by atoms with Gasteiger partial charge in [0, 0.05) is 24.3 Å². The van der Waals surface area contributed by atoms with E-state index in [2.05, 4.69) is 21.2 Å². The van der Waals surface area contributed by atoms with Crippen molar-refractivity contribution in [3.63, 3.8) is 0 Å². The molecule has 0 aliphatic heterocycles. The normalized spacial score (nSPS) is 11.2. The van der Waals surface area contributed by atoms with Crippen molar-refractivity contribution in [1.29, 1.82) is 0 Å². The van der Waals surface area contributed by atoms with Gasteiger partial charge in [0.05, 0.1) is 30.9 Å². The van der Waals surface area contributed by atoms with E-state index in [4.69, 9.17) is 9.47 Å². The number of ether oxygens (including phenoxy) is 2. The summed E-state index contributed by atoms with van der Waals surface area (Å²) >= 11 is 3.39. The van der Waals surface area contributed by atoms with Crippen LogP contribution in [-0.4, -0.2) is 33.2 Å². The second kappa shape index (κ2) is 10.1. The molecule has 164 valence electrons. The molecule has 0 saturated carbocycles. The summed E-state index contributed by atoms with van der Waals surface area (Å²) in [5.41, 5.74) is -0.234. The van der Waals surface area contributed by atoms with Gasteiger partial charge in [-0.15, -0.1) is 0 Å². The van der Waals surface area contributed by atoms with Crippen LogP contribution in [-0.2, 0) is 17.4 Å². The number of alkyl halides is 3. The highest BCUT2D eigenvalue weighted by Gasteiger charge is 2.34. The Balaban J connectivity index is 2.28. The molecule has 1 N–H and O–H groups in total. The van der Waals surface area contributed by atoms with E-state index in [0.29, 0.717) is 40.4 Å². The summed E-state index contributed by atoms with van der Waals surface area (Å²) in [6.07, 6.45) is -4.74. The van der Waals surface area contributed by atoms with Crippen molar-refractivity contribution in [3.05, 3.63) is 45.9 Å². The summed E-state index contributed by atoms with van der Waals surface area (Å²) in [5.74, 6) is 0.413. The van der Waals surface area contributed by atoms with Crippen LogP contribution in [0.4, 0.5) is 24.5 Å². The molecule has 0 spiro atoms. The maximum Gasteiger partial charge on any atom is 0.418 e.